The fourth-order valence-corrected chi connectivity index (χ4v) is 3.49. The van der Waals surface area contributed by atoms with Crippen molar-refractivity contribution in [2.45, 2.75) is 9.99 Å². The molecule has 0 aliphatic heterocycles. The second-order valence-electron chi connectivity index (χ2n) is 4.73. The summed E-state index contributed by atoms with van der Waals surface area (Å²) in [4.78, 5) is 3.92. The Morgan fingerprint density at radius 1 is 0.958 bits per heavy atom. The lowest BCUT2D eigenvalue weighted by molar-refractivity contribution is 0.457. The van der Waals surface area contributed by atoms with Crippen LogP contribution in [0.2, 0.25) is 10.0 Å². The lowest BCUT2D eigenvalue weighted by Gasteiger charge is -2.01. The molecule has 2 aromatic carbocycles. The highest BCUT2D eigenvalue weighted by molar-refractivity contribution is 7.91. The number of halogens is 2. The fourth-order valence-electron chi connectivity index (χ4n) is 2.00. The highest BCUT2D eigenvalue weighted by Crippen LogP contribution is 2.30. The molecule has 0 unspecified atom stereocenters. The molecule has 0 bridgehead atoms. The first-order valence-electron chi connectivity index (χ1n) is 6.59. The molecule has 0 aliphatic carbocycles. The van der Waals surface area contributed by atoms with Crippen molar-refractivity contribution in [2.24, 2.45) is 0 Å². The third-order valence-electron chi connectivity index (χ3n) is 3.16. The predicted octanol–water partition coefficient (Wildman–Crippen LogP) is 4.35. The third kappa shape index (κ3) is 3.02. The van der Waals surface area contributed by atoms with Crippen LogP contribution in [0.25, 0.3) is 11.5 Å². The number of sulfone groups is 1. The van der Waals surface area contributed by atoms with E-state index in [9.17, 15) is 13.7 Å². The van der Waals surface area contributed by atoms with Crippen molar-refractivity contribution >= 4 is 33.0 Å². The van der Waals surface area contributed by atoms with Gasteiger partial charge in [0, 0.05) is 15.6 Å². The van der Waals surface area contributed by atoms with Gasteiger partial charge in [-0.2, -0.15) is 10.2 Å². The molecule has 8 heteroatoms. The first-order valence-corrected chi connectivity index (χ1v) is 8.83. The zero-order valence-electron chi connectivity index (χ0n) is 11.9. The minimum atomic E-state index is -4.03. The summed E-state index contributed by atoms with van der Waals surface area (Å²) in [6.45, 7) is 0. The predicted molar refractivity (Wildman–Crippen MR) is 88.6 cm³/mol. The van der Waals surface area contributed by atoms with Crippen LogP contribution in [0.4, 0.5) is 0 Å². The van der Waals surface area contributed by atoms with Gasteiger partial charge in [0.15, 0.2) is 5.69 Å². The molecule has 0 N–H and O–H groups in total. The molecule has 120 valence electrons. The Morgan fingerprint density at radius 2 is 1.50 bits per heavy atom. The van der Waals surface area contributed by atoms with Gasteiger partial charge in [0.1, 0.15) is 6.07 Å². The van der Waals surface area contributed by atoms with Crippen LogP contribution in [0.3, 0.4) is 0 Å². The summed E-state index contributed by atoms with van der Waals surface area (Å²) in [6.07, 6.45) is 0. The van der Waals surface area contributed by atoms with Gasteiger partial charge >= 0.3 is 0 Å². The average molecular weight is 379 g/mol. The summed E-state index contributed by atoms with van der Waals surface area (Å²) >= 11 is 11.6. The van der Waals surface area contributed by atoms with Crippen LogP contribution in [0, 0.1) is 11.3 Å². The molecule has 0 radical (unpaired) electrons. The Bertz CT molecular complexity index is 1030. The molecule has 0 amide bonds. The Kier molecular flexibility index (Phi) is 4.33. The molecular formula is C16H8Cl2N2O3S. The van der Waals surface area contributed by atoms with E-state index in [1.807, 2.05) is 0 Å². The quantitative estimate of drug-likeness (QED) is 0.675. The molecule has 3 aromatic rings. The summed E-state index contributed by atoms with van der Waals surface area (Å²) in [5.74, 6) is 0.0238. The highest BCUT2D eigenvalue weighted by Gasteiger charge is 2.28. The van der Waals surface area contributed by atoms with Gasteiger partial charge in [0.05, 0.1) is 4.90 Å². The van der Waals surface area contributed by atoms with E-state index in [0.29, 0.717) is 15.6 Å². The number of nitrogens with zero attached hydrogens (tertiary/aromatic N) is 2. The molecule has 24 heavy (non-hydrogen) atoms. The maximum absolute atomic E-state index is 12.7. The summed E-state index contributed by atoms with van der Waals surface area (Å²) in [5, 5.41) is 9.61. The largest absolute Gasteiger partial charge is 0.423 e. The molecule has 0 fully saturated rings. The van der Waals surface area contributed by atoms with Crippen LogP contribution in [0.1, 0.15) is 5.69 Å². The van der Waals surface area contributed by atoms with Gasteiger partial charge in [-0.05, 0) is 48.5 Å². The number of hydrogen-bond donors (Lipinski definition) is 0. The molecule has 0 spiro atoms. The SMILES string of the molecule is N#Cc1nc(-c2ccc(Cl)cc2)oc1S(=O)(=O)c1ccc(Cl)cc1. The number of rotatable bonds is 3. The molecule has 0 saturated heterocycles. The minimum Gasteiger partial charge on any atom is -0.423 e. The van der Waals surface area contributed by atoms with Gasteiger partial charge in [0.2, 0.25) is 15.7 Å². The van der Waals surface area contributed by atoms with Gasteiger partial charge in [0.25, 0.3) is 5.09 Å². The average Bonchev–Trinajstić information content (AvgIpc) is 3.01. The van der Waals surface area contributed by atoms with Crippen molar-refractivity contribution in [2.75, 3.05) is 0 Å². The van der Waals surface area contributed by atoms with Crippen LogP contribution < -0.4 is 0 Å². The van der Waals surface area contributed by atoms with Crippen molar-refractivity contribution in [3.05, 3.63) is 64.3 Å². The first kappa shape index (κ1) is 16.5. The van der Waals surface area contributed by atoms with Crippen molar-refractivity contribution < 1.29 is 12.8 Å². The van der Waals surface area contributed by atoms with E-state index in [2.05, 4.69) is 4.98 Å². The number of hydrogen-bond acceptors (Lipinski definition) is 5. The van der Waals surface area contributed by atoms with E-state index in [4.69, 9.17) is 27.6 Å². The van der Waals surface area contributed by atoms with Crippen LogP contribution in [-0.2, 0) is 9.84 Å². The van der Waals surface area contributed by atoms with Crippen LogP contribution in [0.5, 0.6) is 0 Å². The zero-order chi connectivity index (χ0) is 17.3. The summed E-state index contributed by atoms with van der Waals surface area (Å²) in [7, 11) is -4.03. The van der Waals surface area contributed by atoms with E-state index < -0.39 is 14.9 Å². The Hall–Kier alpha value is -2.33. The highest BCUT2D eigenvalue weighted by atomic mass is 35.5. The normalized spacial score (nSPS) is 11.2. The summed E-state index contributed by atoms with van der Waals surface area (Å²) in [5.41, 5.74) is 0.198. The number of oxazole rings is 1. The summed E-state index contributed by atoms with van der Waals surface area (Å²) in [6, 6.07) is 13.8. The molecule has 0 saturated carbocycles. The minimum absolute atomic E-state index is 0.0238. The van der Waals surface area contributed by atoms with Crippen LogP contribution in [0.15, 0.2) is 62.9 Å². The van der Waals surface area contributed by atoms with Gasteiger partial charge in [-0.3, -0.25) is 0 Å². The van der Waals surface area contributed by atoms with Crippen molar-refractivity contribution in [3.63, 3.8) is 0 Å². The smallest absolute Gasteiger partial charge is 0.261 e. The van der Waals surface area contributed by atoms with Crippen molar-refractivity contribution in [1.29, 1.82) is 5.26 Å². The standard InChI is InChI=1S/C16H8Cl2N2O3S/c17-11-3-1-10(2-4-11)15-20-14(9-19)16(23-15)24(21,22)13-7-5-12(18)6-8-13/h1-8H. The molecule has 3 rings (SSSR count). The molecule has 0 atom stereocenters. The molecule has 1 aromatic heterocycles. The lowest BCUT2D eigenvalue weighted by atomic mass is 10.2. The van der Waals surface area contributed by atoms with E-state index >= 15 is 0 Å². The maximum atomic E-state index is 12.7. The second-order valence-corrected chi connectivity index (χ2v) is 7.45. The van der Waals surface area contributed by atoms with Gasteiger partial charge in [-0.25, -0.2) is 8.42 Å². The van der Waals surface area contributed by atoms with Crippen molar-refractivity contribution in [3.8, 4) is 17.5 Å². The number of benzene rings is 2. The summed E-state index contributed by atoms with van der Waals surface area (Å²) < 4.78 is 30.7. The molecular weight excluding hydrogens is 371 g/mol. The van der Waals surface area contributed by atoms with E-state index in [-0.39, 0.29) is 16.5 Å². The van der Waals surface area contributed by atoms with Gasteiger partial charge < -0.3 is 4.42 Å². The second kappa shape index (κ2) is 6.29. The monoisotopic (exact) mass is 378 g/mol. The molecule has 0 aliphatic rings. The van der Waals surface area contributed by atoms with E-state index in [1.165, 1.54) is 24.3 Å². The van der Waals surface area contributed by atoms with E-state index in [0.717, 1.165) is 0 Å². The zero-order valence-corrected chi connectivity index (χ0v) is 14.2. The Labute approximate surface area is 148 Å². The Morgan fingerprint density at radius 3 is 2.04 bits per heavy atom. The van der Waals surface area contributed by atoms with Gasteiger partial charge in [-0.15, -0.1) is 0 Å². The van der Waals surface area contributed by atoms with Crippen LogP contribution >= 0.6 is 23.2 Å². The van der Waals surface area contributed by atoms with E-state index in [1.54, 1.807) is 30.3 Å². The third-order valence-corrected chi connectivity index (χ3v) is 5.32. The Balaban J connectivity index is 2.13. The van der Waals surface area contributed by atoms with Crippen LogP contribution in [-0.4, -0.2) is 13.4 Å². The number of aromatic nitrogens is 1. The molecule has 1 heterocycles. The molecule has 5 nitrogen and oxygen atoms in total. The fraction of sp³-hybridized carbons (Fsp3) is 0. The maximum Gasteiger partial charge on any atom is 0.261 e. The topological polar surface area (TPSA) is 84.0 Å². The lowest BCUT2D eigenvalue weighted by Crippen LogP contribution is -2.02. The number of nitriles is 1. The van der Waals surface area contributed by atoms with Gasteiger partial charge in [-0.1, -0.05) is 23.2 Å². The first-order chi connectivity index (χ1) is 11.4. The van der Waals surface area contributed by atoms with Crippen molar-refractivity contribution in [1.82, 2.24) is 4.98 Å².